The van der Waals surface area contributed by atoms with Crippen LogP contribution in [0.1, 0.15) is 53.9 Å². The van der Waals surface area contributed by atoms with Gasteiger partial charge in [-0.05, 0) is 48.6 Å². The van der Waals surface area contributed by atoms with Crippen molar-refractivity contribution in [3.8, 4) is 10.6 Å². The topological polar surface area (TPSA) is 54.9 Å². The zero-order chi connectivity index (χ0) is 18.6. The second kappa shape index (κ2) is 7.96. The van der Waals surface area contributed by atoms with Gasteiger partial charge in [-0.3, -0.25) is 10.1 Å². The molecule has 0 saturated heterocycles. The first-order valence-corrected chi connectivity index (χ1v) is 10.0. The van der Waals surface area contributed by atoms with Crippen LogP contribution in [0.25, 0.3) is 10.6 Å². The molecule has 4 nitrogen and oxygen atoms in total. The van der Waals surface area contributed by atoms with Gasteiger partial charge in [-0.1, -0.05) is 54.9 Å². The quantitative estimate of drug-likeness (QED) is 0.636. The van der Waals surface area contributed by atoms with Gasteiger partial charge in [-0.2, -0.15) is 0 Å². The number of anilines is 1. The van der Waals surface area contributed by atoms with Gasteiger partial charge in [0.2, 0.25) is 5.13 Å². The van der Waals surface area contributed by atoms with Crippen LogP contribution in [0.3, 0.4) is 0 Å². The molecular weight excluding hydrogens is 361 g/mol. The maximum atomic E-state index is 13.3. The van der Waals surface area contributed by atoms with Gasteiger partial charge >= 0.3 is 0 Å². The van der Waals surface area contributed by atoms with Crippen molar-refractivity contribution in [2.45, 2.75) is 38.0 Å². The number of halogens is 1. The summed E-state index contributed by atoms with van der Waals surface area (Å²) in [6, 6.07) is 14.0. The molecule has 1 heterocycles. The lowest BCUT2D eigenvalue weighted by Crippen LogP contribution is -2.12. The van der Waals surface area contributed by atoms with Gasteiger partial charge in [-0.25, -0.2) is 4.39 Å². The van der Waals surface area contributed by atoms with Crippen LogP contribution in [0.4, 0.5) is 9.52 Å². The Morgan fingerprint density at radius 3 is 2.56 bits per heavy atom. The van der Waals surface area contributed by atoms with Crippen molar-refractivity contribution < 1.29 is 9.18 Å². The first-order chi connectivity index (χ1) is 13.2. The molecular formula is C21H20FN3OS. The summed E-state index contributed by atoms with van der Waals surface area (Å²) in [5, 5.41) is 11.8. The number of hydrogen-bond acceptors (Lipinski definition) is 4. The van der Waals surface area contributed by atoms with E-state index in [2.05, 4.69) is 27.6 Å². The first-order valence-electron chi connectivity index (χ1n) is 9.20. The third-order valence-corrected chi connectivity index (χ3v) is 5.85. The van der Waals surface area contributed by atoms with Crippen LogP contribution in [-0.2, 0) is 0 Å². The monoisotopic (exact) mass is 381 g/mol. The van der Waals surface area contributed by atoms with E-state index in [4.69, 9.17) is 0 Å². The van der Waals surface area contributed by atoms with E-state index < -0.39 is 0 Å². The normalized spacial score (nSPS) is 14.9. The van der Waals surface area contributed by atoms with Crippen molar-refractivity contribution in [3.05, 3.63) is 65.5 Å². The number of nitrogens with one attached hydrogen (secondary N) is 1. The van der Waals surface area contributed by atoms with E-state index >= 15 is 0 Å². The Morgan fingerprint density at radius 2 is 1.81 bits per heavy atom. The fourth-order valence-electron chi connectivity index (χ4n) is 3.52. The van der Waals surface area contributed by atoms with Crippen LogP contribution in [0.5, 0.6) is 0 Å². The molecule has 0 aliphatic heterocycles. The van der Waals surface area contributed by atoms with Crippen molar-refractivity contribution in [2.75, 3.05) is 5.32 Å². The molecule has 0 bridgehead atoms. The number of amides is 1. The average molecular weight is 381 g/mol. The molecule has 3 aromatic rings. The second-order valence-corrected chi connectivity index (χ2v) is 7.81. The molecule has 1 fully saturated rings. The summed E-state index contributed by atoms with van der Waals surface area (Å²) >= 11 is 1.22. The Hall–Kier alpha value is -2.60. The molecule has 27 heavy (non-hydrogen) atoms. The van der Waals surface area contributed by atoms with Gasteiger partial charge in [0, 0.05) is 11.1 Å². The molecule has 0 unspecified atom stereocenters. The summed E-state index contributed by atoms with van der Waals surface area (Å²) in [6.45, 7) is 0. The third kappa shape index (κ3) is 4.22. The van der Waals surface area contributed by atoms with Crippen LogP contribution < -0.4 is 5.32 Å². The largest absolute Gasteiger partial charge is 0.296 e. The summed E-state index contributed by atoms with van der Waals surface area (Å²) in [7, 11) is 0. The van der Waals surface area contributed by atoms with E-state index in [0.29, 0.717) is 27.2 Å². The summed E-state index contributed by atoms with van der Waals surface area (Å²) in [5.41, 5.74) is 2.55. The van der Waals surface area contributed by atoms with E-state index in [1.54, 1.807) is 12.1 Å². The lowest BCUT2D eigenvalue weighted by molar-refractivity contribution is 0.102. The first kappa shape index (κ1) is 17.8. The molecule has 0 spiro atoms. The lowest BCUT2D eigenvalue weighted by atomic mass is 9.84. The lowest BCUT2D eigenvalue weighted by Gasteiger charge is -2.22. The molecule has 1 aliphatic carbocycles. The number of hydrogen-bond donors (Lipinski definition) is 1. The van der Waals surface area contributed by atoms with Crippen LogP contribution in [0, 0.1) is 5.82 Å². The summed E-state index contributed by atoms with van der Waals surface area (Å²) in [5.74, 6) is 0.0753. The number of carbonyl (C=O) groups excluding carboxylic acids is 1. The SMILES string of the molecule is O=C(Nc1nnc(-c2cccc(F)c2)s1)c1ccc(C2CCCCC2)cc1. The van der Waals surface area contributed by atoms with Gasteiger partial charge in [0.25, 0.3) is 5.91 Å². The van der Waals surface area contributed by atoms with Crippen LogP contribution >= 0.6 is 11.3 Å². The summed E-state index contributed by atoms with van der Waals surface area (Å²) in [6.07, 6.45) is 6.38. The molecule has 6 heteroatoms. The minimum atomic E-state index is -0.327. The van der Waals surface area contributed by atoms with E-state index in [1.807, 2.05) is 12.1 Å². The van der Waals surface area contributed by atoms with Crippen molar-refractivity contribution in [1.82, 2.24) is 10.2 Å². The fraction of sp³-hybridized carbons (Fsp3) is 0.286. The van der Waals surface area contributed by atoms with E-state index in [1.165, 1.54) is 61.1 Å². The Balaban J connectivity index is 1.43. The van der Waals surface area contributed by atoms with Crippen LogP contribution in [0.15, 0.2) is 48.5 Å². The average Bonchev–Trinajstić information content (AvgIpc) is 3.17. The standard InChI is InChI=1S/C21H20FN3OS/c22-18-8-4-7-17(13-18)20-24-25-21(27-20)23-19(26)16-11-9-15(10-12-16)14-5-2-1-3-6-14/h4,7-14H,1-3,5-6H2,(H,23,25,26). The molecule has 1 saturated carbocycles. The highest BCUT2D eigenvalue weighted by Gasteiger charge is 2.16. The van der Waals surface area contributed by atoms with Crippen molar-refractivity contribution in [3.63, 3.8) is 0 Å². The minimum Gasteiger partial charge on any atom is -0.296 e. The van der Waals surface area contributed by atoms with Gasteiger partial charge in [0.15, 0.2) is 0 Å². The smallest absolute Gasteiger partial charge is 0.257 e. The van der Waals surface area contributed by atoms with Crippen molar-refractivity contribution in [2.24, 2.45) is 0 Å². The van der Waals surface area contributed by atoms with E-state index in [-0.39, 0.29) is 11.7 Å². The van der Waals surface area contributed by atoms with E-state index in [0.717, 1.165) is 0 Å². The van der Waals surface area contributed by atoms with Crippen LogP contribution in [0.2, 0.25) is 0 Å². The Kier molecular flexibility index (Phi) is 5.25. The van der Waals surface area contributed by atoms with Gasteiger partial charge in [0.05, 0.1) is 0 Å². The highest BCUT2D eigenvalue weighted by atomic mass is 32.1. The molecule has 1 amide bonds. The number of benzene rings is 2. The fourth-order valence-corrected chi connectivity index (χ4v) is 4.26. The molecule has 0 radical (unpaired) electrons. The zero-order valence-electron chi connectivity index (χ0n) is 14.8. The third-order valence-electron chi connectivity index (χ3n) is 4.97. The van der Waals surface area contributed by atoms with Crippen molar-refractivity contribution >= 4 is 22.4 Å². The number of carbonyl (C=O) groups is 1. The second-order valence-electron chi connectivity index (χ2n) is 6.83. The summed E-state index contributed by atoms with van der Waals surface area (Å²) < 4.78 is 13.3. The van der Waals surface area contributed by atoms with Gasteiger partial charge in [0.1, 0.15) is 10.8 Å². The number of rotatable bonds is 4. The molecule has 0 atom stereocenters. The zero-order valence-corrected chi connectivity index (χ0v) is 15.6. The molecule has 1 aromatic heterocycles. The predicted octanol–water partition coefficient (Wildman–Crippen LogP) is 5.64. The highest BCUT2D eigenvalue weighted by molar-refractivity contribution is 7.18. The number of aromatic nitrogens is 2. The maximum Gasteiger partial charge on any atom is 0.257 e. The molecule has 138 valence electrons. The van der Waals surface area contributed by atoms with Crippen LogP contribution in [-0.4, -0.2) is 16.1 Å². The minimum absolute atomic E-state index is 0.216. The van der Waals surface area contributed by atoms with E-state index in [9.17, 15) is 9.18 Å². The van der Waals surface area contributed by atoms with Gasteiger partial charge < -0.3 is 0 Å². The molecule has 1 N–H and O–H groups in total. The highest BCUT2D eigenvalue weighted by Crippen LogP contribution is 2.32. The maximum absolute atomic E-state index is 13.3. The van der Waals surface area contributed by atoms with Gasteiger partial charge in [-0.15, -0.1) is 10.2 Å². The Morgan fingerprint density at radius 1 is 1.04 bits per heavy atom. The predicted molar refractivity (Wildman–Crippen MR) is 106 cm³/mol. The molecule has 4 rings (SSSR count). The Labute approximate surface area is 161 Å². The molecule has 1 aliphatic rings. The Bertz CT molecular complexity index is 933. The summed E-state index contributed by atoms with van der Waals surface area (Å²) in [4.78, 5) is 12.5. The molecule has 2 aromatic carbocycles. The van der Waals surface area contributed by atoms with Crippen molar-refractivity contribution in [1.29, 1.82) is 0 Å². The number of nitrogens with zero attached hydrogens (tertiary/aromatic N) is 2.